The normalized spacial score (nSPS) is 13.8. The summed E-state index contributed by atoms with van der Waals surface area (Å²) in [6, 6.07) is 0. The Morgan fingerprint density at radius 2 is 1.18 bits per heavy atom. The third kappa shape index (κ3) is 29.3. The van der Waals surface area contributed by atoms with Gasteiger partial charge in [0.15, 0.2) is 0 Å². The minimum atomic E-state index is -4.14. The van der Waals surface area contributed by atoms with E-state index in [1.165, 1.54) is 103 Å². The van der Waals surface area contributed by atoms with Crippen molar-refractivity contribution in [3.8, 4) is 0 Å². The lowest BCUT2D eigenvalue weighted by molar-refractivity contribution is -0.122. The molecule has 0 aromatic rings. The number of phosphoric ester groups is 1. The summed E-state index contributed by atoms with van der Waals surface area (Å²) < 4.78 is 28.0. The average molecular weight is 643 g/mol. The lowest BCUT2D eigenvalue weighted by Crippen LogP contribution is -2.36. The van der Waals surface area contributed by atoms with E-state index in [4.69, 9.17) is 13.8 Å². The number of alkyl halides is 1. The molecular weight excluding hydrogens is 581 g/mol. The van der Waals surface area contributed by atoms with Crippen molar-refractivity contribution in [1.29, 1.82) is 0 Å². The van der Waals surface area contributed by atoms with Gasteiger partial charge in [-0.25, -0.2) is 4.57 Å². The van der Waals surface area contributed by atoms with E-state index in [1.54, 1.807) is 0 Å². The fourth-order valence-electron chi connectivity index (χ4n) is 4.46. The van der Waals surface area contributed by atoms with Crippen LogP contribution in [-0.2, 0) is 23.1 Å². The largest absolute Gasteiger partial charge is 0.472 e. The number of amides is 1. The highest BCUT2D eigenvalue weighted by atomic mass is 79.9. The van der Waals surface area contributed by atoms with Gasteiger partial charge in [0.2, 0.25) is 5.91 Å². The van der Waals surface area contributed by atoms with Crippen LogP contribution < -0.4 is 5.32 Å². The highest BCUT2D eigenvalue weighted by Crippen LogP contribution is 2.43. The predicted molar refractivity (Wildman–Crippen MR) is 167 cm³/mol. The summed E-state index contributed by atoms with van der Waals surface area (Å²) in [6.45, 7) is 5.25. The highest BCUT2D eigenvalue weighted by molar-refractivity contribution is 9.09. The minimum Gasteiger partial charge on any atom is -0.374 e. The van der Waals surface area contributed by atoms with Gasteiger partial charge in [0, 0.05) is 24.9 Å². The van der Waals surface area contributed by atoms with Crippen LogP contribution in [0.2, 0.25) is 0 Å². The van der Waals surface area contributed by atoms with Crippen molar-refractivity contribution in [3.05, 3.63) is 0 Å². The van der Waals surface area contributed by atoms with Gasteiger partial charge in [0.05, 0.1) is 19.3 Å². The van der Waals surface area contributed by atoms with Gasteiger partial charge in [0.25, 0.3) is 0 Å². The first kappa shape index (κ1) is 39.0. The maximum Gasteiger partial charge on any atom is 0.472 e. The number of unbranched alkanes of at least 4 members (excludes halogenated alkanes) is 18. The van der Waals surface area contributed by atoms with Crippen molar-refractivity contribution in [1.82, 2.24) is 5.32 Å². The smallest absolute Gasteiger partial charge is 0.374 e. The zero-order valence-electron chi connectivity index (χ0n) is 25.3. The fourth-order valence-corrected chi connectivity index (χ4v) is 5.62. The Labute approximate surface area is 249 Å². The summed E-state index contributed by atoms with van der Waals surface area (Å²) in [5.74, 6) is -0.0102. The van der Waals surface area contributed by atoms with E-state index in [9.17, 15) is 14.3 Å². The van der Waals surface area contributed by atoms with Gasteiger partial charge in [-0.1, -0.05) is 145 Å². The molecule has 39 heavy (non-hydrogen) atoms. The molecule has 2 atom stereocenters. The monoisotopic (exact) mass is 641 g/mol. The maximum atomic E-state index is 12.3. The van der Waals surface area contributed by atoms with E-state index < -0.39 is 13.9 Å². The Balaban J connectivity index is 4.14. The van der Waals surface area contributed by atoms with E-state index >= 15 is 0 Å². The number of rotatable bonds is 31. The van der Waals surface area contributed by atoms with Crippen molar-refractivity contribution in [3.63, 3.8) is 0 Å². The van der Waals surface area contributed by atoms with Crippen LogP contribution in [0.4, 0.5) is 0 Å². The summed E-state index contributed by atoms with van der Waals surface area (Å²) >= 11 is 3.17. The van der Waals surface area contributed by atoms with E-state index in [0.29, 0.717) is 18.4 Å². The summed E-state index contributed by atoms with van der Waals surface area (Å²) in [4.78, 5) is 22.2. The van der Waals surface area contributed by atoms with Gasteiger partial charge in [-0.2, -0.15) is 0 Å². The molecule has 0 heterocycles. The Morgan fingerprint density at radius 1 is 0.718 bits per heavy atom. The Hall–Kier alpha value is 0.0200. The number of phosphoric acid groups is 1. The molecule has 0 bridgehead atoms. The Morgan fingerprint density at radius 3 is 1.67 bits per heavy atom. The first-order valence-electron chi connectivity index (χ1n) is 16.0. The molecule has 0 radical (unpaired) electrons. The number of nitrogens with one attached hydrogen (secondary N) is 1. The first-order valence-corrected chi connectivity index (χ1v) is 18.6. The number of carbonyl (C=O) groups is 1. The van der Waals surface area contributed by atoms with Gasteiger partial charge in [0.1, 0.15) is 0 Å². The van der Waals surface area contributed by atoms with E-state index in [0.717, 1.165) is 25.7 Å². The van der Waals surface area contributed by atoms with Gasteiger partial charge in [-0.15, -0.1) is 0 Å². The number of hydrogen-bond donors (Lipinski definition) is 2. The zero-order chi connectivity index (χ0) is 28.9. The number of carbonyl (C=O) groups excluding carboxylic acids is 1. The molecule has 2 N–H and O–H groups in total. The van der Waals surface area contributed by atoms with Gasteiger partial charge < -0.3 is 14.9 Å². The first-order chi connectivity index (χ1) is 18.9. The van der Waals surface area contributed by atoms with Crippen LogP contribution in [-0.4, -0.2) is 48.6 Å². The van der Waals surface area contributed by atoms with Crippen molar-refractivity contribution >= 4 is 29.7 Å². The number of hydrogen-bond acceptors (Lipinski definition) is 5. The second-order valence-electron chi connectivity index (χ2n) is 10.7. The molecule has 0 spiro atoms. The summed E-state index contributed by atoms with van der Waals surface area (Å²) in [5.41, 5.74) is 0. The van der Waals surface area contributed by atoms with E-state index in [-0.39, 0.29) is 25.7 Å². The van der Waals surface area contributed by atoms with E-state index in [1.807, 2.05) is 0 Å². The Kier molecular flexibility index (Phi) is 29.5. The molecule has 2 unspecified atom stereocenters. The third-order valence-corrected chi connectivity index (χ3v) is 8.20. The third-order valence-electron chi connectivity index (χ3n) is 6.89. The van der Waals surface area contributed by atoms with Gasteiger partial charge in [-0.05, 0) is 12.8 Å². The Bertz CT molecular complexity index is 584. The van der Waals surface area contributed by atoms with Gasteiger partial charge >= 0.3 is 7.82 Å². The van der Waals surface area contributed by atoms with Crippen molar-refractivity contribution in [2.45, 2.75) is 155 Å². The van der Waals surface area contributed by atoms with Crippen LogP contribution in [0.5, 0.6) is 0 Å². The second kappa shape index (κ2) is 29.5. The van der Waals surface area contributed by atoms with Crippen LogP contribution in [0.3, 0.4) is 0 Å². The molecule has 0 saturated carbocycles. The fraction of sp³-hybridized carbons (Fsp3) is 0.967. The summed E-state index contributed by atoms with van der Waals surface area (Å²) in [6.07, 6.45) is 24.8. The van der Waals surface area contributed by atoms with Crippen LogP contribution in [0, 0.1) is 0 Å². The van der Waals surface area contributed by atoms with Crippen LogP contribution in [0.1, 0.15) is 149 Å². The maximum absolute atomic E-state index is 12.3. The molecule has 0 aromatic carbocycles. The van der Waals surface area contributed by atoms with Crippen molar-refractivity contribution < 1.29 is 28.0 Å². The molecule has 0 aromatic heterocycles. The molecule has 0 rings (SSSR count). The lowest BCUT2D eigenvalue weighted by atomic mass is 10.1. The van der Waals surface area contributed by atoms with Crippen LogP contribution >= 0.6 is 23.8 Å². The molecule has 0 aliphatic rings. The molecular formula is C30H61BrNO6P. The molecule has 1 amide bonds. The average Bonchev–Trinajstić information content (AvgIpc) is 2.92. The topological polar surface area (TPSA) is 94.1 Å². The van der Waals surface area contributed by atoms with Crippen LogP contribution in [0.15, 0.2) is 0 Å². The number of ether oxygens (including phenoxy) is 1. The molecule has 7 nitrogen and oxygen atoms in total. The minimum absolute atomic E-state index is 0.0102. The quantitative estimate of drug-likeness (QED) is 0.0445. The van der Waals surface area contributed by atoms with Crippen LogP contribution in [0.25, 0.3) is 0 Å². The molecule has 234 valence electrons. The van der Waals surface area contributed by atoms with E-state index in [2.05, 4.69) is 35.1 Å². The molecule has 0 aliphatic carbocycles. The lowest BCUT2D eigenvalue weighted by Gasteiger charge is -2.20. The zero-order valence-corrected chi connectivity index (χ0v) is 27.8. The molecule has 0 saturated heterocycles. The SMILES string of the molecule is CCCCCCCCCCCCCOC(CNC(=O)CCCCCCCCCCC)COP(=O)(O)OCCBr. The second-order valence-corrected chi connectivity index (χ2v) is 12.9. The van der Waals surface area contributed by atoms with Gasteiger partial charge in [-0.3, -0.25) is 13.8 Å². The molecule has 0 fully saturated rings. The highest BCUT2D eigenvalue weighted by Gasteiger charge is 2.23. The van der Waals surface area contributed by atoms with Crippen molar-refractivity contribution in [2.24, 2.45) is 0 Å². The summed E-state index contributed by atoms with van der Waals surface area (Å²) in [7, 11) is -4.14. The standard InChI is InChI=1S/C30H61BrNO6P/c1-3-5-7-9-11-13-14-16-18-20-22-25-36-29(28-38-39(34,35)37-26-24-31)27-32-30(33)23-21-19-17-15-12-10-8-6-4-2/h29H,3-28H2,1-2H3,(H,32,33)(H,34,35). The summed E-state index contributed by atoms with van der Waals surface area (Å²) in [5, 5.41) is 3.36. The predicted octanol–water partition coefficient (Wildman–Crippen LogP) is 9.25. The number of halogens is 1. The molecule has 0 aliphatic heterocycles. The molecule has 9 heteroatoms. The van der Waals surface area contributed by atoms with Crippen molar-refractivity contribution in [2.75, 3.05) is 31.7 Å².